The number of hydroxylamine groups is 1. The molecule has 17 heteroatoms. The fourth-order valence-corrected chi connectivity index (χ4v) is 5.10. The van der Waals surface area contributed by atoms with Crippen molar-refractivity contribution in [2.24, 2.45) is 0 Å². The van der Waals surface area contributed by atoms with E-state index in [9.17, 15) is 19.2 Å². The summed E-state index contributed by atoms with van der Waals surface area (Å²) < 4.78 is 32.9. The summed E-state index contributed by atoms with van der Waals surface area (Å²) in [6, 6.07) is 7.88. The molecule has 0 bridgehead atoms. The second-order valence-corrected chi connectivity index (χ2v) is 13.9. The first-order valence-corrected chi connectivity index (χ1v) is 16.2. The molecule has 0 radical (unpaired) electrons. The highest BCUT2D eigenvalue weighted by Gasteiger charge is 2.33. The predicted molar refractivity (Wildman–Crippen MR) is 180 cm³/mol. The molecule has 3 aromatic rings. The monoisotopic (exact) mass is 708 g/mol. The maximum atomic E-state index is 15.3. The van der Waals surface area contributed by atoms with Gasteiger partial charge >= 0.3 is 18.2 Å². The van der Waals surface area contributed by atoms with Gasteiger partial charge < -0.3 is 19.5 Å². The van der Waals surface area contributed by atoms with E-state index in [4.69, 9.17) is 19.0 Å². The normalized spacial score (nSPS) is 17.4. The van der Waals surface area contributed by atoms with Gasteiger partial charge in [0, 0.05) is 23.5 Å². The van der Waals surface area contributed by atoms with Gasteiger partial charge in [-0.2, -0.15) is 0 Å². The van der Waals surface area contributed by atoms with E-state index >= 15 is 4.39 Å². The highest BCUT2D eigenvalue weighted by Crippen LogP contribution is 2.30. The molecule has 1 aromatic carbocycles. The van der Waals surface area contributed by atoms with E-state index in [1.165, 1.54) is 23.4 Å². The molecule has 4 heterocycles. The topological polar surface area (TPSA) is 179 Å². The Labute approximate surface area is 293 Å². The first-order chi connectivity index (χ1) is 24.0. The molecule has 2 N–H and O–H groups in total. The number of benzene rings is 1. The van der Waals surface area contributed by atoms with Crippen molar-refractivity contribution in [3.63, 3.8) is 0 Å². The van der Waals surface area contributed by atoms with E-state index in [0.717, 1.165) is 4.90 Å². The Morgan fingerprint density at radius 1 is 1.08 bits per heavy atom. The second kappa shape index (κ2) is 15.1. The number of aromatic nitrogens is 4. The first-order valence-electron chi connectivity index (χ1n) is 16.2. The lowest BCUT2D eigenvalue weighted by molar-refractivity contribution is -0.156. The molecular formula is C34H41FN8O8. The standard InChI is InChI=1S/C34H41FN8O8/c1-33(2,3)49-30(45)20-41(31(46)50-34(4,5)6)19-29(44)37-16-23-14-28(39-51-23)27-10-7-21(15-36-27)25-9-8-22(13-26(25)35)43-18-24(48-32(43)47)17-42-12-11-38-40-42/h7-15,23-24,39H,16-20H2,1-6H3,(H,37,44)/t23-,24-/m0/s1. The lowest BCUT2D eigenvalue weighted by atomic mass is 10.1. The van der Waals surface area contributed by atoms with Crippen LogP contribution in [0, 0.1) is 5.82 Å². The highest BCUT2D eigenvalue weighted by atomic mass is 19.1. The van der Waals surface area contributed by atoms with Crippen LogP contribution in [0.3, 0.4) is 0 Å². The molecule has 16 nitrogen and oxygen atoms in total. The Kier molecular flexibility index (Phi) is 10.9. The number of hydrogen-bond donors (Lipinski definition) is 2. The number of carbonyl (C=O) groups is 4. The zero-order valence-electron chi connectivity index (χ0n) is 29.2. The number of anilines is 1. The lowest BCUT2D eigenvalue weighted by Gasteiger charge is -2.28. The van der Waals surface area contributed by atoms with Crippen LogP contribution in [0.2, 0.25) is 0 Å². The minimum Gasteiger partial charge on any atom is -0.459 e. The van der Waals surface area contributed by atoms with Crippen LogP contribution in [-0.2, 0) is 35.2 Å². The average molecular weight is 709 g/mol. The van der Waals surface area contributed by atoms with E-state index in [-0.39, 0.29) is 13.1 Å². The molecule has 272 valence electrons. The van der Waals surface area contributed by atoms with Gasteiger partial charge in [0.05, 0.1) is 42.9 Å². The van der Waals surface area contributed by atoms with Crippen molar-refractivity contribution < 1.29 is 42.6 Å². The van der Waals surface area contributed by atoms with Crippen molar-refractivity contribution in [2.75, 3.05) is 31.1 Å². The number of amides is 3. The molecule has 2 aliphatic heterocycles. The SMILES string of the molecule is CC(C)(C)OC(=O)CN(CC(=O)NC[C@@H]1C=C(c2ccc(-c3ccc(N4C[C@H](Cn5ccnn5)OC4=O)cc3F)cn2)NO1)C(=O)OC(C)(C)C. The third-order valence-electron chi connectivity index (χ3n) is 7.25. The Balaban J connectivity index is 1.15. The maximum Gasteiger partial charge on any atom is 0.414 e. The van der Waals surface area contributed by atoms with Crippen LogP contribution in [0.15, 0.2) is 55.0 Å². The molecule has 2 aromatic heterocycles. The van der Waals surface area contributed by atoms with Crippen LogP contribution in [0.1, 0.15) is 47.2 Å². The Bertz CT molecular complexity index is 1770. The van der Waals surface area contributed by atoms with Gasteiger partial charge in [-0.25, -0.2) is 18.7 Å². The van der Waals surface area contributed by atoms with Gasteiger partial charge in [0.15, 0.2) is 0 Å². The average Bonchev–Trinajstić information content (AvgIpc) is 3.80. The third kappa shape index (κ3) is 10.2. The van der Waals surface area contributed by atoms with Crippen LogP contribution in [0.4, 0.5) is 19.7 Å². The number of rotatable bonds is 11. The molecule has 2 aliphatic rings. The van der Waals surface area contributed by atoms with Crippen LogP contribution >= 0.6 is 0 Å². The molecule has 5 rings (SSSR count). The number of pyridine rings is 1. The number of esters is 1. The molecule has 0 spiro atoms. The quantitative estimate of drug-likeness (QED) is 0.219. The minimum absolute atomic E-state index is 0.0470. The van der Waals surface area contributed by atoms with Crippen molar-refractivity contribution in [1.82, 2.24) is 35.7 Å². The number of halogens is 1. The first kappa shape index (κ1) is 36.7. The van der Waals surface area contributed by atoms with Crippen LogP contribution in [-0.4, -0.2) is 98.5 Å². The van der Waals surface area contributed by atoms with Gasteiger partial charge in [0.1, 0.15) is 42.3 Å². The smallest absolute Gasteiger partial charge is 0.414 e. The van der Waals surface area contributed by atoms with E-state index in [1.807, 2.05) is 0 Å². The molecule has 2 atom stereocenters. The van der Waals surface area contributed by atoms with E-state index in [2.05, 4.69) is 26.1 Å². The Morgan fingerprint density at radius 2 is 1.84 bits per heavy atom. The van der Waals surface area contributed by atoms with E-state index in [0.29, 0.717) is 34.8 Å². The number of carbonyl (C=O) groups excluding carboxylic acids is 4. The van der Waals surface area contributed by atoms with Crippen molar-refractivity contribution >= 4 is 35.4 Å². The van der Waals surface area contributed by atoms with Crippen LogP contribution in [0.25, 0.3) is 16.8 Å². The molecule has 0 aliphatic carbocycles. The third-order valence-corrected chi connectivity index (χ3v) is 7.25. The van der Waals surface area contributed by atoms with Gasteiger partial charge in [-0.15, -0.1) is 5.10 Å². The largest absolute Gasteiger partial charge is 0.459 e. The van der Waals surface area contributed by atoms with Crippen molar-refractivity contribution in [1.29, 1.82) is 0 Å². The fraction of sp³-hybridized carbons (Fsp3) is 0.441. The van der Waals surface area contributed by atoms with Gasteiger partial charge in [0.2, 0.25) is 5.91 Å². The number of cyclic esters (lactones) is 1. The Morgan fingerprint density at radius 3 is 2.49 bits per heavy atom. The van der Waals surface area contributed by atoms with E-state index in [1.54, 1.807) is 82.8 Å². The Hall–Kier alpha value is -5.58. The highest BCUT2D eigenvalue weighted by molar-refractivity contribution is 5.90. The maximum absolute atomic E-state index is 15.3. The fourth-order valence-electron chi connectivity index (χ4n) is 5.10. The molecule has 51 heavy (non-hydrogen) atoms. The molecule has 0 saturated carbocycles. The summed E-state index contributed by atoms with van der Waals surface area (Å²) in [5.74, 6) is -1.76. The van der Waals surface area contributed by atoms with Crippen LogP contribution < -0.4 is 15.7 Å². The van der Waals surface area contributed by atoms with Gasteiger partial charge in [-0.3, -0.25) is 34.7 Å². The van der Waals surface area contributed by atoms with Crippen molar-refractivity contribution in [3.8, 4) is 11.1 Å². The summed E-state index contributed by atoms with van der Waals surface area (Å²) in [5.41, 5.74) is 3.38. The zero-order chi connectivity index (χ0) is 36.9. The van der Waals surface area contributed by atoms with Crippen molar-refractivity contribution in [3.05, 3.63) is 66.5 Å². The van der Waals surface area contributed by atoms with Crippen molar-refractivity contribution in [2.45, 2.75) is 71.5 Å². The van der Waals surface area contributed by atoms with Gasteiger partial charge in [0.25, 0.3) is 0 Å². The molecule has 0 unspecified atom stereocenters. The molecule has 1 fully saturated rings. The molecule has 3 amide bonds. The summed E-state index contributed by atoms with van der Waals surface area (Å²) in [4.78, 5) is 62.8. The van der Waals surface area contributed by atoms with Crippen LogP contribution in [0.5, 0.6) is 0 Å². The second-order valence-electron chi connectivity index (χ2n) is 13.9. The summed E-state index contributed by atoms with van der Waals surface area (Å²) in [7, 11) is 0. The molecular weight excluding hydrogens is 667 g/mol. The predicted octanol–water partition coefficient (Wildman–Crippen LogP) is 3.44. The van der Waals surface area contributed by atoms with Gasteiger partial charge in [-0.1, -0.05) is 11.3 Å². The lowest BCUT2D eigenvalue weighted by Crippen LogP contribution is -2.47. The summed E-state index contributed by atoms with van der Waals surface area (Å²) in [5, 5.41) is 10.3. The van der Waals surface area contributed by atoms with E-state index < -0.39 is 66.4 Å². The summed E-state index contributed by atoms with van der Waals surface area (Å²) in [6.45, 7) is 9.83. The summed E-state index contributed by atoms with van der Waals surface area (Å²) in [6.07, 6.45) is 3.99. The molecule has 1 saturated heterocycles. The van der Waals surface area contributed by atoms with Gasteiger partial charge in [-0.05, 0) is 71.9 Å². The number of nitrogens with zero attached hydrogens (tertiary/aromatic N) is 6. The minimum atomic E-state index is -0.842. The number of hydrogen-bond acceptors (Lipinski definition) is 12. The number of nitrogens with one attached hydrogen (secondary N) is 2. The zero-order valence-corrected chi connectivity index (χ0v) is 29.2. The number of ether oxygens (including phenoxy) is 3. The summed E-state index contributed by atoms with van der Waals surface area (Å²) >= 11 is 0.